The van der Waals surface area contributed by atoms with Gasteiger partial charge in [-0.25, -0.2) is 33.1 Å². The summed E-state index contributed by atoms with van der Waals surface area (Å²) in [6, 6.07) is 8.78. The van der Waals surface area contributed by atoms with E-state index in [1.165, 1.54) is 34.9 Å². The summed E-state index contributed by atoms with van der Waals surface area (Å²) < 4.78 is 32.2. The topological polar surface area (TPSA) is 121 Å². The monoisotopic (exact) mass is 594 g/mol. The van der Waals surface area contributed by atoms with Gasteiger partial charge in [-0.05, 0) is 56.9 Å². The fraction of sp³-hybridized carbons (Fsp3) is 0.344. The summed E-state index contributed by atoms with van der Waals surface area (Å²) in [5.41, 5.74) is 0.699. The van der Waals surface area contributed by atoms with Crippen molar-refractivity contribution in [2.45, 2.75) is 50.5 Å². The second-order valence-corrected chi connectivity index (χ2v) is 11.6. The lowest BCUT2D eigenvalue weighted by Gasteiger charge is -2.40. The molecule has 0 unspecified atom stereocenters. The Hall–Kier alpha value is -5.05. The molecule has 3 aliphatic rings. The van der Waals surface area contributed by atoms with Crippen molar-refractivity contribution in [2.75, 3.05) is 24.5 Å². The molecule has 1 aromatic carbocycles. The summed E-state index contributed by atoms with van der Waals surface area (Å²) >= 11 is 0. The highest BCUT2D eigenvalue weighted by Gasteiger charge is 2.38. The average molecular weight is 595 g/mol. The first-order chi connectivity index (χ1) is 21.3. The normalized spacial score (nSPS) is 18.4. The van der Waals surface area contributed by atoms with Crippen molar-refractivity contribution in [3.63, 3.8) is 0 Å². The maximum atomic E-state index is 15.9. The SMILES string of the molecule is C=CC(=O)N1CCN(c2nc(=O)n(-c3c(C4CC4)nc(C#N)nc3C3CC3)c3nc(-c4ccccc4F)c(F)cc23)[C@@H](C)C1. The number of fused-ring (bicyclic) bond motifs is 1. The highest BCUT2D eigenvalue weighted by atomic mass is 19.1. The van der Waals surface area contributed by atoms with Crippen molar-refractivity contribution in [2.24, 2.45) is 0 Å². The van der Waals surface area contributed by atoms with Gasteiger partial charge in [0.2, 0.25) is 11.7 Å². The Morgan fingerprint density at radius 2 is 1.70 bits per heavy atom. The predicted molar refractivity (Wildman–Crippen MR) is 158 cm³/mol. The summed E-state index contributed by atoms with van der Waals surface area (Å²) in [5.74, 6) is -1.31. The molecule has 7 rings (SSSR count). The van der Waals surface area contributed by atoms with Gasteiger partial charge < -0.3 is 9.80 Å². The number of anilines is 1. The third-order valence-corrected chi connectivity index (χ3v) is 8.51. The van der Waals surface area contributed by atoms with Gasteiger partial charge in [-0.1, -0.05) is 18.7 Å². The third-order valence-electron chi connectivity index (χ3n) is 8.51. The molecule has 4 aromatic rings. The minimum absolute atomic E-state index is 0.0289. The molecule has 4 heterocycles. The number of aromatic nitrogens is 5. The van der Waals surface area contributed by atoms with Gasteiger partial charge in [0.25, 0.3) is 0 Å². The molecule has 2 aliphatic carbocycles. The lowest BCUT2D eigenvalue weighted by Crippen LogP contribution is -2.54. The maximum Gasteiger partial charge on any atom is 0.355 e. The molecule has 1 aliphatic heterocycles. The number of benzene rings is 1. The van der Waals surface area contributed by atoms with E-state index >= 15 is 4.39 Å². The molecule has 1 saturated heterocycles. The second kappa shape index (κ2) is 10.6. The highest BCUT2D eigenvalue weighted by molar-refractivity contribution is 5.91. The lowest BCUT2D eigenvalue weighted by molar-refractivity contribution is -0.126. The molecule has 12 heteroatoms. The first-order valence-electron chi connectivity index (χ1n) is 14.7. The summed E-state index contributed by atoms with van der Waals surface area (Å²) in [6.45, 7) is 6.50. The number of piperazine rings is 1. The van der Waals surface area contributed by atoms with E-state index in [0.29, 0.717) is 36.7 Å². The standard InChI is InChI=1S/C32H28F2N8O2/c1-3-25(43)40-12-13-41(17(2)16-40)30-21-14-23(34)28(20-6-4-5-7-22(20)33)38-31(21)42(32(44)39-30)29-26(18-8-9-18)36-24(15-35)37-27(29)19-10-11-19/h3-7,14,17-19H,1,8-13,16H2,2H3/t17-/m0/s1. The number of carbonyl (C=O) groups excluding carboxylic acids is 1. The van der Waals surface area contributed by atoms with E-state index in [9.17, 15) is 19.2 Å². The zero-order valence-electron chi connectivity index (χ0n) is 24.0. The van der Waals surface area contributed by atoms with Crippen LogP contribution in [0, 0.1) is 23.0 Å². The van der Waals surface area contributed by atoms with Crippen LogP contribution in [0.2, 0.25) is 0 Å². The van der Waals surface area contributed by atoms with Gasteiger partial charge in [-0.2, -0.15) is 10.2 Å². The van der Waals surface area contributed by atoms with Crippen LogP contribution in [-0.4, -0.2) is 61.0 Å². The van der Waals surface area contributed by atoms with E-state index in [2.05, 4.69) is 26.5 Å². The smallest absolute Gasteiger partial charge is 0.350 e. The predicted octanol–water partition coefficient (Wildman–Crippen LogP) is 4.37. The number of nitrogens with zero attached hydrogens (tertiary/aromatic N) is 8. The number of hydrogen-bond donors (Lipinski definition) is 0. The van der Waals surface area contributed by atoms with Crippen molar-refractivity contribution >= 4 is 22.8 Å². The van der Waals surface area contributed by atoms with Crippen molar-refractivity contribution in [1.82, 2.24) is 29.4 Å². The molecule has 0 N–H and O–H groups in total. The van der Waals surface area contributed by atoms with E-state index in [4.69, 9.17) is 0 Å². The largest absolute Gasteiger partial charge is 0.355 e. The van der Waals surface area contributed by atoms with Crippen LogP contribution in [0.25, 0.3) is 28.0 Å². The number of pyridine rings is 1. The van der Waals surface area contributed by atoms with Gasteiger partial charge in [0.1, 0.15) is 29.2 Å². The van der Waals surface area contributed by atoms with Crippen LogP contribution in [0.1, 0.15) is 61.7 Å². The summed E-state index contributed by atoms with van der Waals surface area (Å²) in [6.07, 6.45) is 4.61. The number of nitriles is 1. The first-order valence-corrected chi connectivity index (χ1v) is 14.7. The van der Waals surface area contributed by atoms with Crippen LogP contribution in [0.4, 0.5) is 14.6 Å². The molecule has 0 spiro atoms. The van der Waals surface area contributed by atoms with Gasteiger partial charge in [0.05, 0.1) is 22.5 Å². The fourth-order valence-electron chi connectivity index (χ4n) is 6.02. The zero-order chi connectivity index (χ0) is 30.7. The molecule has 1 atom stereocenters. The van der Waals surface area contributed by atoms with Crippen molar-refractivity contribution in [3.8, 4) is 23.0 Å². The van der Waals surface area contributed by atoms with Gasteiger partial charge in [0, 0.05) is 43.1 Å². The van der Waals surface area contributed by atoms with Crippen LogP contribution >= 0.6 is 0 Å². The molecule has 0 radical (unpaired) electrons. The first kappa shape index (κ1) is 27.8. The van der Waals surface area contributed by atoms with E-state index in [-0.39, 0.29) is 57.7 Å². The number of hydrogen-bond acceptors (Lipinski definition) is 8. The van der Waals surface area contributed by atoms with Gasteiger partial charge in [-0.3, -0.25) is 4.79 Å². The number of rotatable bonds is 6. The van der Waals surface area contributed by atoms with E-state index < -0.39 is 17.3 Å². The van der Waals surface area contributed by atoms with E-state index in [1.54, 1.807) is 11.0 Å². The second-order valence-electron chi connectivity index (χ2n) is 11.6. The molecular formula is C32H28F2N8O2. The van der Waals surface area contributed by atoms with Crippen molar-refractivity contribution < 1.29 is 13.6 Å². The van der Waals surface area contributed by atoms with Gasteiger partial charge in [-0.15, -0.1) is 0 Å². The average Bonchev–Trinajstić information content (AvgIpc) is 3.94. The van der Waals surface area contributed by atoms with Crippen LogP contribution in [0.5, 0.6) is 0 Å². The summed E-state index contributed by atoms with van der Waals surface area (Å²) in [5, 5.41) is 9.95. The molecule has 0 bridgehead atoms. The number of halogens is 2. The van der Waals surface area contributed by atoms with Crippen LogP contribution in [0.3, 0.4) is 0 Å². The van der Waals surface area contributed by atoms with Gasteiger partial charge in [0.15, 0.2) is 5.65 Å². The Bertz CT molecular complexity index is 1930. The summed E-state index contributed by atoms with van der Waals surface area (Å²) in [7, 11) is 0. The highest BCUT2D eigenvalue weighted by Crippen LogP contribution is 2.48. The molecule has 2 saturated carbocycles. The van der Waals surface area contributed by atoms with Crippen molar-refractivity contribution in [3.05, 3.63) is 82.3 Å². The van der Waals surface area contributed by atoms with E-state index in [0.717, 1.165) is 25.7 Å². The number of amides is 1. The van der Waals surface area contributed by atoms with Crippen LogP contribution < -0.4 is 10.6 Å². The summed E-state index contributed by atoms with van der Waals surface area (Å²) in [4.78, 5) is 48.2. The lowest BCUT2D eigenvalue weighted by atomic mass is 10.1. The molecule has 44 heavy (non-hydrogen) atoms. The minimum atomic E-state index is -0.773. The Balaban J connectivity index is 1.51. The molecule has 10 nitrogen and oxygen atoms in total. The molecule has 3 aromatic heterocycles. The minimum Gasteiger partial charge on any atom is -0.350 e. The Labute approximate surface area is 251 Å². The molecular weight excluding hydrogens is 566 g/mol. The maximum absolute atomic E-state index is 15.9. The molecule has 1 amide bonds. The van der Waals surface area contributed by atoms with Crippen molar-refractivity contribution in [1.29, 1.82) is 5.26 Å². The van der Waals surface area contributed by atoms with E-state index in [1.807, 2.05) is 17.9 Å². The Kier molecular flexibility index (Phi) is 6.68. The van der Waals surface area contributed by atoms with Crippen LogP contribution in [-0.2, 0) is 4.79 Å². The third kappa shape index (κ3) is 4.69. The van der Waals surface area contributed by atoms with Crippen LogP contribution in [0.15, 0.2) is 47.8 Å². The zero-order valence-corrected chi connectivity index (χ0v) is 24.0. The molecule has 3 fully saturated rings. The number of carbonyl (C=O) groups is 1. The fourth-order valence-corrected chi connectivity index (χ4v) is 6.02. The Morgan fingerprint density at radius 1 is 1.02 bits per heavy atom. The quantitative estimate of drug-likeness (QED) is 0.302. The Morgan fingerprint density at radius 3 is 2.30 bits per heavy atom. The van der Waals surface area contributed by atoms with Gasteiger partial charge >= 0.3 is 5.69 Å². The molecule has 222 valence electrons.